The molecule has 0 aromatic heterocycles. The van der Waals surface area contributed by atoms with Gasteiger partial charge in [-0.15, -0.1) is 0 Å². The normalized spacial score (nSPS) is 15.6. The third-order valence-electron chi connectivity index (χ3n) is 3.39. The van der Waals surface area contributed by atoms with Crippen molar-refractivity contribution in [2.45, 2.75) is 38.4 Å². The van der Waals surface area contributed by atoms with Gasteiger partial charge in [0.2, 0.25) is 0 Å². The van der Waals surface area contributed by atoms with Crippen LogP contribution >= 0.6 is 0 Å². The number of hydrogen-bond donors (Lipinski definition) is 2. The summed E-state index contributed by atoms with van der Waals surface area (Å²) in [6.45, 7) is -2.14. The fraction of sp³-hybridized carbons (Fsp3) is 0.571. The SMILES string of the molecule is Nc1cc(F)c(OC(F)F)cc1NCCOC1CCCC1. The molecule has 3 N–H and O–H groups in total. The number of ether oxygens (including phenoxy) is 2. The molecule has 1 saturated carbocycles. The number of hydrogen-bond acceptors (Lipinski definition) is 4. The van der Waals surface area contributed by atoms with Crippen molar-refractivity contribution < 1.29 is 22.6 Å². The summed E-state index contributed by atoms with van der Waals surface area (Å²) in [6.07, 6.45) is 4.83. The van der Waals surface area contributed by atoms with Gasteiger partial charge < -0.3 is 20.5 Å². The number of nitrogens with one attached hydrogen (secondary N) is 1. The number of anilines is 2. The summed E-state index contributed by atoms with van der Waals surface area (Å²) in [6, 6.07) is 2.09. The van der Waals surface area contributed by atoms with Crippen LogP contribution in [0.2, 0.25) is 0 Å². The Labute approximate surface area is 121 Å². The van der Waals surface area contributed by atoms with Gasteiger partial charge >= 0.3 is 6.61 Å². The first-order chi connectivity index (χ1) is 10.1. The van der Waals surface area contributed by atoms with Crippen LogP contribution in [-0.2, 0) is 4.74 Å². The average molecular weight is 304 g/mol. The molecule has 0 saturated heterocycles. The van der Waals surface area contributed by atoms with Gasteiger partial charge in [-0.25, -0.2) is 4.39 Å². The van der Waals surface area contributed by atoms with Gasteiger partial charge in [0.05, 0.1) is 24.1 Å². The van der Waals surface area contributed by atoms with Gasteiger partial charge in [0.1, 0.15) is 0 Å². The molecule has 118 valence electrons. The van der Waals surface area contributed by atoms with Crippen LogP contribution < -0.4 is 15.8 Å². The minimum Gasteiger partial charge on any atom is -0.432 e. The van der Waals surface area contributed by atoms with Crippen molar-refractivity contribution in [3.05, 3.63) is 17.9 Å². The summed E-state index contributed by atoms with van der Waals surface area (Å²) < 4.78 is 47.4. The molecule has 0 bridgehead atoms. The second-order valence-electron chi connectivity index (χ2n) is 4.95. The molecule has 0 aliphatic heterocycles. The summed E-state index contributed by atoms with van der Waals surface area (Å²) in [4.78, 5) is 0. The Morgan fingerprint density at radius 1 is 1.29 bits per heavy atom. The van der Waals surface area contributed by atoms with Gasteiger partial charge in [-0.05, 0) is 12.8 Å². The van der Waals surface area contributed by atoms with E-state index in [1.807, 2.05) is 0 Å². The van der Waals surface area contributed by atoms with E-state index in [0.717, 1.165) is 25.0 Å². The van der Waals surface area contributed by atoms with Crippen molar-refractivity contribution >= 4 is 11.4 Å². The van der Waals surface area contributed by atoms with Crippen LogP contribution in [-0.4, -0.2) is 25.9 Å². The van der Waals surface area contributed by atoms with Gasteiger partial charge in [0, 0.05) is 18.7 Å². The van der Waals surface area contributed by atoms with Crippen LogP contribution in [0.25, 0.3) is 0 Å². The fourth-order valence-corrected chi connectivity index (χ4v) is 2.37. The first-order valence-corrected chi connectivity index (χ1v) is 6.95. The van der Waals surface area contributed by atoms with Crippen LogP contribution in [0.4, 0.5) is 24.5 Å². The topological polar surface area (TPSA) is 56.5 Å². The number of alkyl halides is 2. The van der Waals surface area contributed by atoms with Crippen molar-refractivity contribution in [3.8, 4) is 5.75 Å². The average Bonchev–Trinajstić information content (AvgIpc) is 2.92. The first kappa shape index (κ1) is 15.8. The van der Waals surface area contributed by atoms with E-state index < -0.39 is 18.2 Å². The lowest BCUT2D eigenvalue weighted by Crippen LogP contribution is -2.16. The highest BCUT2D eigenvalue weighted by Gasteiger charge is 2.15. The van der Waals surface area contributed by atoms with Crippen molar-refractivity contribution in [1.82, 2.24) is 0 Å². The third kappa shape index (κ3) is 4.70. The van der Waals surface area contributed by atoms with E-state index in [4.69, 9.17) is 10.5 Å². The lowest BCUT2D eigenvalue weighted by molar-refractivity contribution is -0.0521. The van der Waals surface area contributed by atoms with Gasteiger partial charge in [-0.1, -0.05) is 12.8 Å². The van der Waals surface area contributed by atoms with Crippen LogP contribution in [0.1, 0.15) is 25.7 Å². The number of nitrogen functional groups attached to an aromatic ring is 1. The van der Waals surface area contributed by atoms with E-state index in [1.54, 1.807) is 0 Å². The van der Waals surface area contributed by atoms with E-state index in [-0.39, 0.29) is 5.69 Å². The molecule has 1 aliphatic carbocycles. The molecule has 1 aromatic carbocycles. The molecule has 2 rings (SSSR count). The van der Waals surface area contributed by atoms with E-state index in [2.05, 4.69) is 10.1 Å². The molecule has 1 fully saturated rings. The van der Waals surface area contributed by atoms with Crippen LogP contribution in [0.5, 0.6) is 5.75 Å². The third-order valence-corrected chi connectivity index (χ3v) is 3.39. The fourth-order valence-electron chi connectivity index (χ4n) is 2.37. The zero-order chi connectivity index (χ0) is 15.2. The van der Waals surface area contributed by atoms with E-state index >= 15 is 0 Å². The smallest absolute Gasteiger partial charge is 0.387 e. The molecule has 0 amide bonds. The lowest BCUT2D eigenvalue weighted by atomic mass is 10.2. The number of nitrogens with two attached hydrogens (primary N) is 1. The Morgan fingerprint density at radius 2 is 2.00 bits per heavy atom. The molecule has 1 aromatic rings. The van der Waals surface area contributed by atoms with Crippen molar-refractivity contribution in [3.63, 3.8) is 0 Å². The minimum atomic E-state index is -3.08. The molecular formula is C14H19F3N2O2. The maximum atomic E-state index is 13.4. The Kier molecular flexibility index (Phi) is 5.55. The van der Waals surface area contributed by atoms with E-state index in [1.165, 1.54) is 12.8 Å². The Morgan fingerprint density at radius 3 is 2.67 bits per heavy atom. The monoisotopic (exact) mass is 304 g/mol. The number of halogens is 3. The Bertz CT molecular complexity index is 466. The van der Waals surface area contributed by atoms with Gasteiger partial charge in [-0.3, -0.25) is 0 Å². The highest BCUT2D eigenvalue weighted by atomic mass is 19.3. The largest absolute Gasteiger partial charge is 0.432 e. The summed E-state index contributed by atoms with van der Waals surface area (Å²) in [5.41, 5.74) is 6.12. The van der Waals surface area contributed by atoms with Crippen molar-refractivity contribution in [2.24, 2.45) is 0 Å². The highest BCUT2D eigenvalue weighted by molar-refractivity contribution is 5.68. The van der Waals surface area contributed by atoms with Crippen LogP contribution in [0.15, 0.2) is 12.1 Å². The molecule has 1 aliphatic rings. The van der Waals surface area contributed by atoms with E-state index in [0.29, 0.717) is 24.9 Å². The second kappa shape index (κ2) is 7.40. The lowest BCUT2D eigenvalue weighted by Gasteiger charge is -2.14. The Balaban J connectivity index is 1.86. The van der Waals surface area contributed by atoms with Crippen LogP contribution in [0.3, 0.4) is 0 Å². The molecule has 0 heterocycles. The Hall–Kier alpha value is -1.63. The van der Waals surface area contributed by atoms with Crippen molar-refractivity contribution in [1.29, 1.82) is 0 Å². The van der Waals surface area contributed by atoms with Gasteiger partial charge in [0.15, 0.2) is 11.6 Å². The second-order valence-corrected chi connectivity index (χ2v) is 4.95. The highest BCUT2D eigenvalue weighted by Crippen LogP contribution is 2.29. The predicted octanol–water partition coefficient (Wildman–Crippen LogP) is 3.38. The van der Waals surface area contributed by atoms with Crippen molar-refractivity contribution in [2.75, 3.05) is 24.2 Å². The minimum absolute atomic E-state index is 0.134. The maximum absolute atomic E-state index is 13.4. The molecule has 0 spiro atoms. The predicted molar refractivity (Wildman–Crippen MR) is 74.1 cm³/mol. The maximum Gasteiger partial charge on any atom is 0.387 e. The zero-order valence-electron chi connectivity index (χ0n) is 11.6. The first-order valence-electron chi connectivity index (χ1n) is 6.95. The molecule has 0 atom stereocenters. The molecular weight excluding hydrogens is 285 g/mol. The standard InChI is InChI=1S/C14H19F3N2O2/c15-10-7-11(18)12(8-13(10)21-14(16)17)19-5-6-20-9-3-1-2-4-9/h7-9,14,19H,1-6,18H2. The summed E-state index contributed by atoms with van der Waals surface area (Å²) in [5.74, 6) is -1.45. The van der Waals surface area contributed by atoms with E-state index in [9.17, 15) is 13.2 Å². The van der Waals surface area contributed by atoms with Gasteiger partial charge in [-0.2, -0.15) is 8.78 Å². The van der Waals surface area contributed by atoms with Crippen LogP contribution in [0, 0.1) is 5.82 Å². The molecule has 21 heavy (non-hydrogen) atoms. The molecule has 4 nitrogen and oxygen atoms in total. The van der Waals surface area contributed by atoms with Gasteiger partial charge in [0.25, 0.3) is 0 Å². The summed E-state index contributed by atoms with van der Waals surface area (Å²) in [7, 11) is 0. The number of rotatable bonds is 7. The summed E-state index contributed by atoms with van der Waals surface area (Å²) >= 11 is 0. The number of benzene rings is 1. The molecule has 0 unspecified atom stereocenters. The summed E-state index contributed by atoms with van der Waals surface area (Å²) in [5, 5.41) is 2.94. The molecule has 0 radical (unpaired) electrons. The molecule has 7 heteroatoms. The quantitative estimate of drug-likeness (QED) is 0.599. The zero-order valence-corrected chi connectivity index (χ0v) is 11.6.